The quantitative estimate of drug-likeness (QED) is 0.0321. The molecule has 0 spiro atoms. The molecule has 0 bridgehead atoms. The van der Waals surface area contributed by atoms with Gasteiger partial charge in [0.2, 0.25) is 5.91 Å². The number of aliphatic hydroxyl groups is 2. The lowest BCUT2D eigenvalue weighted by molar-refractivity contribution is -0.143. The molecule has 0 aromatic carbocycles. The number of hydrogen-bond acceptors (Lipinski definition) is 5. The van der Waals surface area contributed by atoms with Crippen LogP contribution in [0, 0.1) is 0 Å². The maximum Gasteiger partial charge on any atom is 0.305 e. The summed E-state index contributed by atoms with van der Waals surface area (Å²) >= 11 is 0. The number of ether oxygens (including phenoxy) is 1. The lowest BCUT2D eigenvalue weighted by Crippen LogP contribution is -2.45. The topological polar surface area (TPSA) is 95.9 Å². The third-order valence-corrected chi connectivity index (χ3v) is 13.8. The predicted molar refractivity (Wildman–Crippen MR) is 301 cm³/mol. The van der Waals surface area contributed by atoms with E-state index in [0.29, 0.717) is 19.4 Å². The van der Waals surface area contributed by atoms with Crippen molar-refractivity contribution in [3.05, 3.63) is 48.6 Å². The Balaban J connectivity index is 3.43. The van der Waals surface area contributed by atoms with Crippen molar-refractivity contribution in [3.8, 4) is 0 Å². The van der Waals surface area contributed by atoms with Gasteiger partial charge in [-0.3, -0.25) is 9.59 Å². The van der Waals surface area contributed by atoms with Crippen LogP contribution in [-0.4, -0.2) is 47.4 Å². The summed E-state index contributed by atoms with van der Waals surface area (Å²) in [6.07, 6.45) is 74.4. The van der Waals surface area contributed by atoms with Crippen LogP contribution in [0.4, 0.5) is 0 Å². The molecule has 6 nitrogen and oxygen atoms in total. The van der Waals surface area contributed by atoms with Crippen LogP contribution in [0.5, 0.6) is 0 Å². The predicted octanol–water partition coefficient (Wildman–Crippen LogP) is 19.0. The summed E-state index contributed by atoms with van der Waals surface area (Å²) in [4.78, 5) is 24.4. The van der Waals surface area contributed by atoms with Gasteiger partial charge in [0.15, 0.2) is 0 Å². The maximum atomic E-state index is 12.4. The number of carbonyl (C=O) groups is 2. The summed E-state index contributed by atoms with van der Waals surface area (Å²) in [6.45, 7) is 4.88. The Morgan fingerprint density at radius 2 is 0.725 bits per heavy atom. The van der Waals surface area contributed by atoms with Gasteiger partial charge in [0.1, 0.15) is 0 Å². The van der Waals surface area contributed by atoms with Gasteiger partial charge in [0.05, 0.1) is 25.4 Å². The van der Waals surface area contributed by atoms with Gasteiger partial charge in [0.25, 0.3) is 0 Å². The van der Waals surface area contributed by atoms with Crippen LogP contribution in [0.15, 0.2) is 48.6 Å². The van der Waals surface area contributed by atoms with Crippen LogP contribution in [0.2, 0.25) is 0 Å². The van der Waals surface area contributed by atoms with E-state index in [0.717, 1.165) is 51.4 Å². The van der Waals surface area contributed by atoms with Crippen molar-refractivity contribution in [2.45, 2.75) is 328 Å². The van der Waals surface area contributed by atoms with E-state index in [1.54, 1.807) is 6.08 Å². The van der Waals surface area contributed by atoms with E-state index in [2.05, 4.69) is 55.6 Å². The number of unbranched alkanes of at least 4 members (excludes halogenated alkanes) is 39. The highest BCUT2D eigenvalue weighted by Crippen LogP contribution is 2.16. The van der Waals surface area contributed by atoms with Gasteiger partial charge in [-0.2, -0.15) is 0 Å². The Morgan fingerprint density at radius 3 is 1.12 bits per heavy atom. The molecule has 0 fully saturated rings. The normalized spacial score (nSPS) is 12.9. The van der Waals surface area contributed by atoms with Crippen molar-refractivity contribution in [3.63, 3.8) is 0 Å². The number of rotatable bonds is 56. The van der Waals surface area contributed by atoms with E-state index in [1.807, 2.05) is 6.08 Å². The average molecular weight is 969 g/mol. The third-order valence-electron chi connectivity index (χ3n) is 13.8. The van der Waals surface area contributed by atoms with E-state index in [1.165, 1.54) is 238 Å². The van der Waals surface area contributed by atoms with E-state index in [4.69, 9.17) is 4.74 Å². The standard InChI is InChI=1S/C63H117NO5/c1-3-5-7-9-11-13-15-16-33-37-41-45-49-53-57-63(68)69-58-54-50-46-42-38-34-31-29-27-25-23-21-19-17-18-20-22-24-26-28-30-32-36-40-44-48-52-56-62(67)64-60(59-65)61(66)55-51-47-43-39-35-14-12-10-8-6-4-2/h15-18,21,23,51,55,60-61,65-66H,3-14,19-20,22,24-50,52-54,56-59H2,1-2H3,(H,64,67)/b16-15-,18-17-,23-21-,55-51+. The SMILES string of the molecule is CCCCCCC/C=C\CCCCCCCC(=O)OCCCCCCCCCCC/C=C\C/C=C\CCCCCCCCCCCCCC(=O)NC(CO)C(O)/C=C/CCCCCCCCCCC. The monoisotopic (exact) mass is 968 g/mol. The minimum atomic E-state index is -0.845. The van der Waals surface area contributed by atoms with Crippen molar-refractivity contribution < 1.29 is 24.5 Å². The molecule has 0 aliphatic heterocycles. The van der Waals surface area contributed by atoms with E-state index in [-0.39, 0.29) is 18.5 Å². The fourth-order valence-corrected chi connectivity index (χ4v) is 9.13. The molecule has 0 heterocycles. The Morgan fingerprint density at radius 1 is 0.406 bits per heavy atom. The Kier molecular flexibility index (Phi) is 56.5. The molecule has 0 rings (SSSR count). The molecular weight excluding hydrogens is 851 g/mol. The van der Waals surface area contributed by atoms with Crippen LogP contribution < -0.4 is 5.32 Å². The van der Waals surface area contributed by atoms with Crippen molar-refractivity contribution in [2.75, 3.05) is 13.2 Å². The number of nitrogens with one attached hydrogen (secondary N) is 1. The second-order valence-corrected chi connectivity index (χ2v) is 20.7. The number of aliphatic hydroxyl groups excluding tert-OH is 2. The molecule has 6 heteroatoms. The second kappa shape index (κ2) is 58.4. The molecule has 2 atom stereocenters. The van der Waals surface area contributed by atoms with Crippen LogP contribution in [-0.2, 0) is 14.3 Å². The summed E-state index contributed by atoms with van der Waals surface area (Å²) in [5, 5.41) is 23.0. The highest BCUT2D eigenvalue weighted by Gasteiger charge is 2.18. The molecule has 1 amide bonds. The van der Waals surface area contributed by atoms with Gasteiger partial charge in [-0.1, -0.05) is 262 Å². The first-order chi connectivity index (χ1) is 34.0. The molecule has 0 saturated carbocycles. The summed E-state index contributed by atoms with van der Waals surface area (Å²) in [5.41, 5.74) is 0. The highest BCUT2D eigenvalue weighted by molar-refractivity contribution is 5.76. The van der Waals surface area contributed by atoms with Crippen LogP contribution >= 0.6 is 0 Å². The fraction of sp³-hybridized carbons (Fsp3) is 0.841. The first-order valence-electron chi connectivity index (χ1n) is 30.4. The number of hydrogen-bond donors (Lipinski definition) is 3. The third kappa shape index (κ3) is 55.0. The molecule has 69 heavy (non-hydrogen) atoms. The van der Waals surface area contributed by atoms with Gasteiger partial charge >= 0.3 is 5.97 Å². The van der Waals surface area contributed by atoms with Crippen LogP contribution in [0.3, 0.4) is 0 Å². The Hall–Kier alpha value is -2.18. The first-order valence-corrected chi connectivity index (χ1v) is 30.4. The molecule has 0 aromatic rings. The second-order valence-electron chi connectivity index (χ2n) is 20.7. The molecule has 0 saturated heterocycles. The first kappa shape index (κ1) is 66.8. The van der Waals surface area contributed by atoms with Crippen molar-refractivity contribution in [1.82, 2.24) is 5.32 Å². The van der Waals surface area contributed by atoms with Gasteiger partial charge in [-0.15, -0.1) is 0 Å². The Labute approximate surface area is 429 Å². The van der Waals surface area contributed by atoms with E-state index < -0.39 is 12.1 Å². The van der Waals surface area contributed by atoms with E-state index >= 15 is 0 Å². The van der Waals surface area contributed by atoms with Crippen LogP contribution in [0.25, 0.3) is 0 Å². The minimum absolute atomic E-state index is 0.00119. The summed E-state index contributed by atoms with van der Waals surface area (Å²) in [6, 6.07) is -0.629. The van der Waals surface area contributed by atoms with E-state index in [9.17, 15) is 19.8 Å². The minimum Gasteiger partial charge on any atom is -0.466 e. The number of carbonyl (C=O) groups excluding carboxylic acids is 2. The summed E-state index contributed by atoms with van der Waals surface area (Å²) < 4.78 is 5.47. The zero-order valence-electron chi connectivity index (χ0n) is 46.0. The molecule has 0 aromatic heterocycles. The molecule has 3 N–H and O–H groups in total. The lowest BCUT2D eigenvalue weighted by atomic mass is 10.0. The largest absolute Gasteiger partial charge is 0.466 e. The van der Waals surface area contributed by atoms with Crippen LogP contribution in [0.1, 0.15) is 316 Å². The molecular formula is C63H117NO5. The van der Waals surface area contributed by atoms with Gasteiger partial charge in [-0.25, -0.2) is 0 Å². The molecule has 0 aliphatic rings. The molecule has 0 radical (unpaired) electrons. The Bertz CT molecular complexity index is 1160. The van der Waals surface area contributed by atoms with Gasteiger partial charge in [0, 0.05) is 12.8 Å². The maximum absolute atomic E-state index is 12.4. The fourth-order valence-electron chi connectivity index (χ4n) is 9.13. The van der Waals surface area contributed by atoms with Gasteiger partial charge < -0.3 is 20.3 Å². The zero-order chi connectivity index (χ0) is 50.0. The van der Waals surface area contributed by atoms with Crippen molar-refractivity contribution >= 4 is 11.9 Å². The summed E-state index contributed by atoms with van der Waals surface area (Å²) in [5.74, 6) is -0.0715. The number of allylic oxidation sites excluding steroid dienone is 7. The molecule has 0 aliphatic carbocycles. The number of amides is 1. The highest BCUT2D eigenvalue weighted by atomic mass is 16.5. The smallest absolute Gasteiger partial charge is 0.305 e. The molecule has 404 valence electrons. The van der Waals surface area contributed by atoms with Gasteiger partial charge in [-0.05, 0) is 89.9 Å². The lowest BCUT2D eigenvalue weighted by Gasteiger charge is -2.20. The number of esters is 1. The van der Waals surface area contributed by atoms with Crippen molar-refractivity contribution in [2.24, 2.45) is 0 Å². The van der Waals surface area contributed by atoms with Crippen molar-refractivity contribution in [1.29, 1.82) is 0 Å². The summed E-state index contributed by atoms with van der Waals surface area (Å²) in [7, 11) is 0. The average Bonchev–Trinajstić information content (AvgIpc) is 3.35. The molecule has 2 unspecified atom stereocenters. The zero-order valence-corrected chi connectivity index (χ0v) is 46.0.